The van der Waals surface area contributed by atoms with Crippen molar-refractivity contribution in [2.75, 3.05) is 20.1 Å². The van der Waals surface area contributed by atoms with Crippen LogP contribution >= 0.6 is 0 Å². The van der Waals surface area contributed by atoms with Crippen LogP contribution in [0.1, 0.15) is 25.0 Å². The fourth-order valence-electron chi connectivity index (χ4n) is 3.52. The highest BCUT2D eigenvalue weighted by atomic mass is 32.2. The standard InChI is InChI=1S/C14H23N3O3S/c1-15-9-14(7-13(15)10-18)21(19,20)17-6-5-11-3-4-12(8-17)16(11)2/h7,9,11-12,18H,3-6,8,10H2,1-2H3. The molecule has 6 nitrogen and oxygen atoms in total. The Morgan fingerprint density at radius 3 is 2.62 bits per heavy atom. The molecule has 0 aromatic carbocycles. The summed E-state index contributed by atoms with van der Waals surface area (Å²) < 4.78 is 28.9. The molecule has 118 valence electrons. The molecule has 2 unspecified atom stereocenters. The second-order valence-electron chi connectivity index (χ2n) is 6.14. The maximum atomic E-state index is 12.8. The van der Waals surface area contributed by atoms with E-state index in [0.29, 0.717) is 30.9 Å². The van der Waals surface area contributed by atoms with Gasteiger partial charge in [-0.05, 0) is 32.4 Å². The molecular formula is C14H23N3O3S. The van der Waals surface area contributed by atoms with Gasteiger partial charge < -0.3 is 9.67 Å². The molecule has 2 bridgehead atoms. The van der Waals surface area contributed by atoms with E-state index in [4.69, 9.17) is 0 Å². The lowest BCUT2D eigenvalue weighted by atomic mass is 10.1. The monoisotopic (exact) mass is 313 g/mol. The van der Waals surface area contributed by atoms with Gasteiger partial charge in [-0.1, -0.05) is 0 Å². The molecule has 0 saturated carbocycles. The zero-order chi connectivity index (χ0) is 15.2. The van der Waals surface area contributed by atoms with E-state index in [1.807, 2.05) is 0 Å². The van der Waals surface area contributed by atoms with Crippen LogP contribution in [0.15, 0.2) is 17.2 Å². The van der Waals surface area contributed by atoms with E-state index >= 15 is 0 Å². The van der Waals surface area contributed by atoms with Crippen LogP contribution in [-0.2, 0) is 23.7 Å². The number of fused-ring (bicyclic) bond motifs is 2. The van der Waals surface area contributed by atoms with E-state index in [1.165, 1.54) is 6.42 Å². The van der Waals surface area contributed by atoms with Crippen molar-refractivity contribution in [2.24, 2.45) is 7.05 Å². The molecule has 0 aliphatic carbocycles. The summed E-state index contributed by atoms with van der Waals surface area (Å²) in [5.74, 6) is 0. The van der Waals surface area contributed by atoms with Crippen molar-refractivity contribution < 1.29 is 13.5 Å². The highest BCUT2D eigenvalue weighted by molar-refractivity contribution is 7.89. The van der Waals surface area contributed by atoms with Crippen LogP contribution in [0.25, 0.3) is 0 Å². The molecule has 2 aliphatic rings. The Kier molecular flexibility index (Phi) is 3.85. The lowest BCUT2D eigenvalue weighted by Crippen LogP contribution is -2.39. The van der Waals surface area contributed by atoms with Gasteiger partial charge in [0.25, 0.3) is 0 Å². The van der Waals surface area contributed by atoms with Crippen LogP contribution in [0, 0.1) is 0 Å². The molecule has 2 atom stereocenters. The number of likely N-dealkylation sites (N-methyl/N-ethyl adjacent to an activating group) is 1. The number of sulfonamides is 1. The average molecular weight is 313 g/mol. The van der Waals surface area contributed by atoms with E-state index in [0.717, 1.165) is 12.8 Å². The number of aliphatic hydroxyl groups is 1. The Morgan fingerprint density at radius 1 is 1.24 bits per heavy atom. The van der Waals surface area contributed by atoms with Crippen molar-refractivity contribution in [3.05, 3.63) is 18.0 Å². The molecule has 1 aromatic heterocycles. The Morgan fingerprint density at radius 2 is 1.95 bits per heavy atom. The highest BCUT2D eigenvalue weighted by Crippen LogP contribution is 2.31. The second kappa shape index (κ2) is 5.39. The summed E-state index contributed by atoms with van der Waals surface area (Å²) in [6, 6.07) is 2.41. The van der Waals surface area contributed by atoms with Crippen LogP contribution in [0.2, 0.25) is 0 Å². The van der Waals surface area contributed by atoms with Gasteiger partial charge in [-0.25, -0.2) is 8.42 Å². The minimum Gasteiger partial charge on any atom is -0.390 e. The molecule has 3 rings (SSSR count). The largest absolute Gasteiger partial charge is 0.390 e. The van der Waals surface area contributed by atoms with Gasteiger partial charge in [-0.15, -0.1) is 0 Å². The van der Waals surface area contributed by atoms with Gasteiger partial charge >= 0.3 is 0 Å². The molecule has 0 amide bonds. The highest BCUT2D eigenvalue weighted by Gasteiger charge is 2.38. The van der Waals surface area contributed by atoms with Gasteiger partial charge in [0.05, 0.1) is 6.61 Å². The first kappa shape index (κ1) is 15.0. The predicted octanol–water partition coefficient (Wildman–Crippen LogP) is 0.375. The van der Waals surface area contributed by atoms with E-state index in [9.17, 15) is 13.5 Å². The van der Waals surface area contributed by atoms with Crippen LogP contribution in [0.4, 0.5) is 0 Å². The average Bonchev–Trinajstić information content (AvgIpc) is 2.90. The van der Waals surface area contributed by atoms with Crippen molar-refractivity contribution >= 4 is 10.0 Å². The minimum atomic E-state index is -3.47. The molecule has 1 N–H and O–H groups in total. The van der Waals surface area contributed by atoms with Crippen LogP contribution in [0.5, 0.6) is 0 Å². The van der Waals surface area contributed by atoms with E-state index in [1.54, 1.807) is 28.2 Å². The minimum absolute atomic E-state index is 0.153. The summed E-state index contributed by atoms with van der Waals surface area (Å²) in [6.07, 6.45) is 4.73. The quantitative estimate of drug-likeness (QED) is 0.876. The van der Waals surface area contributed by atoms with E-state index in [2.05, 4.69) is 11.9 Å². The molecule has 2 aliphatic heterocycles. The topological polar surface area (TPSA) is 65.8 Å². The molecule has 0 radical (unpaired) electrons. The van der Waals surface area contributed by atoms with Crippen molar-refractivity contribution in [3.63, 3.8) is 0 Å². The van der Waals surface area contributed by atoms with Crippen LogP contribution in [-0.4, -0.2) is 59.5 Å². The van der Waals surface area contributed by atoms with Crippen LogP contribution in [0.3, 0.4) is 0 Å². The zero-order valence-corrected chi connectivity index (χ0v) is 13.4. The zero-order valence-electron chi connectivity index (χ0n) is 12.6. The SMILES string of the molecule is CN1C2CCC1CN(S(=O)(=O)c1cc(CO)n(C)c1)CC2. The van der Waals surface area contributed by atoms with Gasteiger partial charge in [0.1, 0.15) is 4.90 Å². The fourth-order valence-corrected chi connectivity index (χ4v) is 5.11. The fraction of sp³-hybridized carbons (Fsp3) is 0.714. The third-order valence-electron chi connectivity index (χ3n) is 4.99. The maximum absolute atomic E-state index is 12.8. The normalized spacial score (nSPS) is 28.0. The Bertz CT molecular complexity index is 625. The number of rotatable bonds is 3. The first-order valence-electron chi connectivity index (χ1n) is 7.41. The molecule has 1 aromatic rings. The Balaban J connectivity index is 1.87. The third kappa shape index (κ3) is 2.52. The summed E-state index contributed by atoms with van der Waals surface area (Å²) in [7, 11) is 0.386. The molecule has 7 heteroatoms. The lowest BCUT2D eigenvalue weighted by molar-refractivity contribution is 0.246. The van der Waals surface area contributed by atoms with Crippen molar-refractivity contribution in [1.29, 1.82) is 0 Å². The van der Waals surface area contributed by atoms with Gasteiger partial charge in [-0.2, -0.15) is 4.31 Å². The second-order valence-corrected chi connectivity index (χ2v) is 8.08. The predicted molar refractivity (Wildman–Crippen MR) is 79.3 cm³/mol. The molecule has 0 spiro atoms. The molecule has 2 saturated heterocycles. The van der Waals surface area contributed by atoms with Crippen LogP contribution < -0.4 is 0 Å². The first-order valence-corrected chi connectivity index (χ1v) is 8.85. The smallest absolute Gasteiger partial charge is 0.244 e. The number of aliphatic hydroxyl groups excluding tert-OH is 1. The van der Waals surface area contributed by atoms with Crippen molar-refractivity contribution in [3.8, 4) is 0 Å². The number of hydrogen-bond donors (Lipinski definition) is 1. The first-order chi connectivity index (χ1) is 9.93. The van der Waals surface area contributed by atoms with E-state index < -0.39 is 10.0 Å². The van der Waals surface area contributed by atoms with E-state index in [-0.39, 0.29) is 11.5 Å². The van der Waals surface area contributed by atoms with Gasteiger partial charge in [0.2, 0.25) is 10.0 Å². The summed E-state index contributed by atoms with van der Waals surface area (Å²) in [6.45, 7) is 0.995. The number of aromatic nitrogens is 1. The summed E-state index contributed by atoms with van der Waals surface area (Å²) in [4.78, 5) is 2.62. The Hall–Kier alpha value is -0.890. The molecular weight excluding hydrogens is 290 g/mol. The molecule has 3 heterocycles. The lowest BCUT2D eigenvalue weighted by Gasteiger charge is -2.24. The van der Waals surface area contributed by atoms with Crippen molar-refractivity contribution in [1.82, 2.24) is 13.8 Å². The van der Waals surface area contributed by atoms with Gasteiger partial charge in [0.15, 0.2) is 0 Å². The number of nitrogens with zero attached hydrogens (tertiary/aromatic N) is 3. The van der Waals surface area contributed by atoms with Gasteiger partial charge in [-0.3, -0.25) is 4.90 Å². The maximum Gasteiger partial charge on any atom is 0.244 e. The Labute approximate surface area is 126 Å². The summed E-state index contributed by atoms with van der Waals surface area (Å²) in [5, 5.41) is 9.24. The molecule has 2 fully saturated rings. The summed E-state index contributed by atoms with van der Waals surface area (Å²) >= 11 is 0. The molecule has 21 heavy (non-hydrogen) atoms. The number of aryl methyl sites for hydroxylation is 1. The van der Waals surface area contributed by atoms with Crippen molar-refractivity contribution in [2.45, 2.75) is 42.8 Å². The number of hydrogen-bond acceptors (Lipinski definition) is 4. The van der Waals surface area contributed by atoms with Gasteiger partial charge in [0, 0.05) is 44.1 Å². The summed E-state index contributed by atoms with van der Waals surface area (Å²) in [5.41, 5.74) is 0.613. The third-order valence-corrected chi connectivity index (χ3v) is 6.82.